The van der Waals surface area contributed by atoms with Crippen LogP contribution in [0.5, 0.6) is 0 Å². The van der Waals surface area contributed by atoms with E-state index in [2.05, 4.69) is 9.97 Å². The summed E-state index contributed by atoms with van der Waals surface area (Å²) in [5.74, 6) is 2.52. The predicted octanol–water partition coefficient (Wildman–Crippen LogP) is 2.21. The number of aryl methyl sites for hydroxylation is 1. The molecule has 1 fully saturated rings. The van der Waals surface area contributed by atoms with E-state index in [-0.39, 0.29) is 5.91 Å². The molecule has 0 unspecified atom stereocenters. The monoisotopic (exact) mass is 333 g/mol. The van der Waals surface area contributed by atoms with Crippen LogP contribution < -0.4 is 0 Å². The molecule has 3 rings (SSSR count). The van der Waals surface area contributed by atoms with Gasteiger partial charge in [-0.2, -0.15) is 11.8 Å². The van der Waals surface area contributed by atoms with E-state index < -0.39 is 5.60 Å². The first kappa shape index (κ1) is 16.3. The van der Waals surface area contributed by atoms with Crippen LogP contribution in [0.4, 0.5) is 0 Å². The normalized spacial score (nSPS) is 17.3. The highest BCUT2D eigenvalue weighted by atomic mass is 32.2. The van der Waals surface area contributed by atoms with Crippen molar-refractivity contribution in [1.29, 1.82) is 0 Å². The third-order valence-electron chi connectivity index (χ3n) is 4.41. The summed E-state index contributed by atoms with van der Waals surface area (Å²) in [4.78, 5) is 22.0. The topological polar surface area (TPSA) is 69.2 Å². The molecule has 0 spiro atoms. The van der Waals surface area contributed by atoms with Crippen molar-refractivity contribution in [3.8, 4) is 0 Å². The number of aliphatic hydroxyl groups is 1. The number of fused-ring (bicyclic) bond motifs is 1. The number of carbonyl (C=O) groups excluding carboxylic acids is 1. The standard InChI is InChI=1S/C17H23N3O2S/c1-20(16(21)17(22)8-11-23-12-9-17)10-4-7-15-18-13-5-2-3-6-14(13)19-15/h2-3,5-6,22H,4,7-12H2,1H3,(H,18,19). The summed E-state index contributed by atoms with van der Waals surface area (Å²) in [6.45, 7) is 0.630. The van der Waals surface area contributed by atoms with E-state index in [1.165, 1.54) is 0 Å². The van der Waals surface area contributed by atoms with Crippen molar-refractivity contribution in [3.63, 3.8) is 0 Å². The largest absolute Gasteiger partial charge is 0.380 e. The van der Waals surface area contributed by atoms with E-state index in [4.69, 9.17) is 0 Å². The summed E-state index contributed by atoms with van der Waals surface area (Å²) >= 11 is 1.80. The number of aromatic amines is 1. The second-order valence-electron chi connectivity index (χ2n) is 6.17. The molecule has 0 radical (unpaired) electrons. The van der Waals surface area contributed by atoms with Crippen LogP contribution >= 0.6 is 11.8 Å². The van der Waals surface area contributed by atoms with Crippen LogP contribution in [0.25, 0.3) is 11.0 Å². The highest BCUT2D eigenvalue weighted by Crippen LogP contribution is 2.28. The summed E-state index contributed by atoms with van der Waals surface area (Å²) in [6, 6.07) is 7.96. The molecule has 0 aliphatic carbocycles. The molecule has 2 heterocycles. The Morgan fingerprint density at radius 1 is 1.39 bits per heavy atom. The smallest absolute Gasteiger partial charge is 0.254 e. The summed E-state index contributed by atoms with van der Waals surface area (Å²) < 4.78 is 0. The van der Waals surface area contributed by atoms with Crippen molar-refractivity contribution >= 4 is 28.7 Å². The first-order chi connectivity index (χ1) is 11.1. The van der Waals surface area contributed by atoms with Gasteiger partial charge in [-0.3, -0.25) is 4.79 Å². The fourth-order valence-corrected chi connectivity index (χ4v) is 4.16. The average molecular weight is 333 g/mol. The molecule has 0 bridgehead atoms. The number of H-pyrrole nitrogens is 1. The summed E-state index contributed by atoms with van der Waals surface area (Å²) in [6.07, 6.45) is 2.74. The second-order valence-corrected chi connectivity index (χ2v) is 7.40. The predicted molar refractivity (Wildman–Crippen MR) is 93.6 cm³/mol. The number of para-hydroxylation sites is 2. The first-order valence-electron chi connectivity index (χ1n) is 8.08. The van der Waals surface area contributed by atoms with Gasteiger partial charge in [-0.05, 0) is 42.9 Å². The molecular weight excluding hydrogens is 310 g/mol. The third kappa shape index (κ3) is 3.70. The maximum absolute atomic E-state index is 12.4. The quantitative estimate of drug-likeness (QED) is 0.880. The number of likely N-dealkylation sites (N-methyl/N-ethyl adjacent to an activating group) is 1. The molecule has 1 aromatic heterocycles. The highest BCUT2D eigenvalue weighted by Gasteiger charge is 2.39. The number of nitrogens with one attached hydrogen (secondary N) is 1. The van der Waals surface area contributed by atoms with Crippen LogP contribution in [-0.2, 0) is 11.2 Å². The summed E-state index contributed by atoms with van der Waals surface area (Å²) in [5, 5.41) is 10.5. The van der Waals surface area contributed by atoms with E-state index in [0.717, 1.165) is 41.2 Å². The molecule has 6 heteroatoms. The van der Waals surface area contributed by atoms with Gasteiger partial charge in [0.2, 0.25) is 0 Å². The number of nitrogens with zero attached hydrogens (tertiary/aromatic N) is 2. The van der Waals surface area contributed by atoms with Crippen LogP contribution in [0.15, 0.2) is 24.3 Å². The van der Waals surface area contributed by atoms with E-state index in [9.17, 15) is 9.90 Å². The van der Waals surface area contributed by atoms with Gasteiger partial charge in [-0.15, -0.1) is 0 Å². The van der Waals surface area contributed by atoms with Crippen molar-refractivity contribution in [2.75, 3.05) is 25.1 Å². The number of aromatic nitrogens is 2. The summed E-state index contributed by atoms with van der Waals surface area (Å²) in [7, 11) is 1.78. The Labute approximate surface area is 140 Å². The maximum atomic E-state index is 12.4. The van der Waals surface area contributed by atoms with Crippen LogP contribution in [0.2, 0.25) is 0 Å². The van der Waals surface area contributed by atoms with Crippen molar-refractivity contribution < 1.29 is 9.90 Å². The minimum Gasteiger partial charge on any atom is -0.380 e. The van der Waals surface area contributed by atoms with E-state index in [1.54, 1.807) is 23.7 Å². The molecule has 1 saturated heterocycles. The van der Waals surface area contributed by atoms with Gasteiger partial charge in [0.05, 0.1) is 11.0 Å². The van der Waals surface area contributed by atoms with Gasteiger partial charge >= 0.3 is 0 Å². The molecule has 0 atom stereocenters. The Morgan fingerprint density at radius 3 is 2.87 bits per heavy atom. The maximum Gasteiger partial charge on any atom is 0.254 e. The number of hydrogen-bond acceptors (Lipinski definition) is 4. The lowest BCUT2D eigenvalue weighted by atomic mass is 9.95. The number of hydrogen-bond donors (Lipinski definition) is 2. The number of carbonyl (C=O) groups is 1. The van der Waals surface area contributed by atoms with Gasteiger partial charge in [0.15, 0.2) is 0 Å². The molecule has 124 valence electrons. The molecule has 0 saturated carbocycles. The fraction of sp³-hybridized carbons (Fsp3) is 0.529. The number of thioether (sulfide) groups is 1. The van der Waals surface area contributed by atoms with Crippen LogP contribution in [-0.4, -0.2) is 56.6 Å². The molecule has 5 nitrogen and oxygen atoms in total. The number of benzene rings is 1. The Balaban J connectivity index is 1.52. The van der Waals surface area contributed by atoms with Crippen LogP contribution in [0.3, 0.4) is 0 Å². The minimum absolute atomic E-state index is 0.137. The van der Waals surface area contributed by atoms with Gasteiger partial charge in [0.25, 0.3) is 5.91 Å². The average Bonchev–Trinajstić information content (AvgIpc) is 2.97. The van der Waals surface area contributed by atoms with E-state index >= 15 is 0 Å². The Bertz CT molecular complexity index is 646. The van der Waals surface area contributed by atoms with Crippen molar-refractivity contribution in [3.05, 3.63) is 30.1 Å². The van der Waals surface area contributed by atoms with Crippen molar-refractivity contribution in [1.82, 2.24) is 14.9 Å². The fourth-order valence-electron chi connectivity index (χ4n) is 2.99. The van der Waals surface area contributed by atoms with Crippen LogP contribution in [0, 0.1) is 0 Å². The SMILES string of the molecule is CN(CCCc1nc2ccccc2[nH]1)C(=O)C1(O)CCSCC1. The lowest BCUT2D eigenvalue weighted by molar-refractivity contribution is -0.150. The van der Waals surface area contributed by atoms with Crippen molar-refractivity contribution in [2.24, 2.45) is 0 Å². The highest BCUT2D eigenvalue weighted by molar-refractivity contribution is 7.99. The molecule has 23 heavy (non-hydrogen) atoms. The lowest BCUT2D eigenvalue weighted by Crippen LogP contribution is -2.50. The molecule has 2 N–H and O–H groups in total. The third-order valence-corrected chi connectivity index (χ3v) is 5.40. The van der Waals surface area contributed by atoms with E-state index in [0.29, 0.717) is 19.4 Å². The minimum atomic E-state index is -1.15. The molecule has 1 aromatic carbocycles. The van der Waals surface area contributed by atoms with Gasteiger partial charge in [0, 0.05) is 20.0 Å². The summed E-state index contributed by atoms with van der Waals surface area (Å²) in [5.41, 5.74) is 0.862. The van der Waals surface area contributed by atoms with Gasteiger partial charge in [-0.1, -0.05) is 12.1 Å². The molecule has 2 aromatic rings. The Hall–Kier alpha value is -1.53. The van der Waals surface area contributed by atoms with Gasteiger partial charge in [-0.25, -0.2) is 4.98 Å². The molecule has 1 aliphatic rings. The number of rotatable bonds is 5. The zero-order valence-corrected chi connectivity index (χ0v) is 14.2. The van der Waals surface area contributed by atoms with Crippen LogP contribution in [0.1, 0.15) is 25.1 Å². The van der Waals surface area contributed by atoms with E-state index in [1.807, 2.05) is 24.3 Å². The van der Waals surface area contributed by atoms with Gasteiger partial charge < -0.3 is 15.0 Å². The van der Waals surface area contributed by atoms with Crippen molar-refractivity contribution in [2.45, 2.75) is 31.3 Å². The number of imidazole rings is 1. The zero-order chi connectivity index (χ0) is 16.3. The molecule has 1 aliphatic heterocycles. The first-order valence-corrected chi connectivity index (χ1v) is 9.23. The number of amides is 1. The van der Waals surface area contributed by atoms with Gasteiger partial charge in [0.1, 0.15) is 11.4 Å². The lowest BCUT2D eigenvalue weighted by Gasteiger charge is -2.34. The zero-order valence-electron chi connectivity index (χ0n) is 13.4. The Kier molecular flexibility index (Phi) is 4.92. The molecule has 1 amide bonds. The molecular formula is C17H23N3O2S. The Morgan fingerprint density at radius 2 is 2.13 bits per heavy atom. The second kappa shape index (κ2) is 6.93.